The van der Waals surface area contributed by atoms with Crippen LogP contribution in [0.3, 0.4) is 0 Å². The number of phenols is 4. The second-order valence-corrected chi connectivity index (χ2v) is 5.24. The van der Waals surface area contributed by atoms with Crippen molar-refractivity contribution in [1.29, 1.82) is 0 Å². The average Bonchev–Trinajstić information content (AvgIpc) is 2.34. The summed E-state index contributed by atoms with van der Waals surface area (Å²) in [5.74, 6) is 0.0452. The van der Waals surface area contributed by atoms with Crippen molar-refractivity contribution in [3.8, 4) is 23.0 Å². The Morgan fingerprint density at radius 1 is 0.714 bits per heavy atom. The van der Waals surface area contributed by atoms with Gasteiger partial charge in [-0.2, -0.15) is 0 Å². The Morgan fingerprint density at radius 2 is 1.14 bits per heavy atom. The highest BCUT2D eigenvalue weighted by atomic mass is 16.3. The van der Waals surface area contributed by atoms with E-state index in [-0.39, 0.29) is 28.9 Å². The molecule has 4 nitrogen and oxygen atoms in total. The normalized spacial score (nSPS) is 11.4. The molecule has 4 heteroatoms. The number of aromatic hydroxyl groups is 4. The standard InChI is InChI=1S/C17H18O4/c1-10(2)17-15(20)7-12(8-16(17)21)4-3-11-5-13(18)9-14(19)6-11/h3-10,18-21H,1-2H3/b4-3+. The van der Waals surface area contributed by atoms with Crippen LogP contribution in [0.25, 0.3) is 12.2 Å². The van der Waals surface area contributed by atoms with E-state index in [1.54, 1.807) is 24.3 Å². The molecule has 0 fully saturated rings. The minimum Gasteiger partial charge on any atom is -0.508 e. The van der Waals surface area contributed by atoms with E-state index in [2.05, 4.69) is 0 Å². The first-order valence-corrected chi connectivity index (χ1v) is 6.64. The Kier molecular flexibility index (Phi) is 4.08. The largest absolute Gasteiger partial charge is 0.508 e. The molecule has 0 saturated heterocycles. The van der Waals surface area contributed by atoms with Crippen LogP contribution in [0.2, 0.25) is 0 Å². The fourth-order valence-corrected chi connectivity index (χ4v) is 2.24. The van der Waals surface area contributed by atoms with Crippen molar-refractivity contribution < 1.29 is 20.4 Å². The average molecular weight is 286 g/mol. The highest BCUT2D eigenvalue weighted by Gasteiger charge is 2.12. The summed E-state index contributed by atoms with van der Waals surface area (Å²) >= 11 is 0. The molecular weight excluding hydrogens is 268 g/mol. The third-order valence-corrected chi connectivity index (χ3v) is 3.13. The summed E-state index contributed by atoms with van der Waals surface area (Å²) in [7, 11) is 0. The summed E-state index contributed by atoms with van der Waals surface area (Å²) in [6, 6.07) is 7.37. The monoisotopic (exact) mass is 286 g/mol. The quantitative estimate of drug-likeness (QED) is 0.647. The van der Waals surface area contributed by atoms with E-state index in [9.17, 15) is 20.4 Å². The van der Waals surface area contributed by atoms with Gasteiger partial charge in [-0.15, -0.1) is 0 Å². The van der Waals surface area contributed by atoms with Crippen molar-refractivity contribution in [3.63, 3.8) is 0 Å². The summed E-state index contributed by atoms with van der Waals surface area (Å²) in [6.45, 7) is 3.78. The lowest BCUT2D eigenvalue weighted by atomic mass is 9.98. The molecule has 0 radical (unpaired) electrons. The number of hydrogen-bond donors (Lipinski definition) is 4. The Labute approximate surface area is 123 Å². The third kappa shape index (κ3) is 3.48. The van der Waals surface area contributed by atoms with Crippen molar-refractivity contribution in [3.05, 3.63) is 47.0 Å². The lowest BCUT2D eigenvalue weighted by Crippen LogP contribution is -1.90. The van der Waals surface area contributed by atoms with E-state index in [1.165, 1.54) is 18.2 Å². The van der Waals surface area contributed by atoms with Crippen LogP contribution >= 0.6 is 0 Å². The molecule has 0 atom stereocenters. The maximum absolute atomic E-state index is 9.95. The molecule has 2 aromatic rings. The van der Waals surface area contributed by atoms with Gasteiger partial charge in [0, 0.05) is 11.6 Å². The molecule has 0 aromatic heterocycles. The third-order valence-electron chi connectivity index (χ3n) is 3.13. The van der Waals surface area contributed by atoms with Crippen molar-refractivity contribution >= 4 is 12.2 Å². The van der Waals surface area contributed by atoms with Crippen LogP contribution in [0, 0.1) is 0 Å². The fraction of sp³-hybridized carbons (Fsp3) is 0.176. The van der Waals surface area contributed by atoms with Crippen LogP contribution in [0.1, 0.15) is 36.5 Å². The molecule has 21 heavy (non-hydrogen) atoms. The zero-order chi connectivity index (χ0) is 15.6. The predicted octanol–water partition coefficient (Wildman–Crippen LogP) is 3.80. The first-order valence-electron chi connectivity index (χ1n) is 6.64. The SMILES string of the molecule is CC(C)c1c(O)cc(/C=C/c2cc(O)cc(O)c2)cc1O. The van der Waals surface area contributed by atoms with Crippen LogP contribution in [0.4, 0.5) is 0 Å². The summed E-state index contributed by atoms with van der Waals surface area (Å²) in [4.78, 5) is 0. The Bertz CT molecular complexity index is 644. The lowest BCUT2D eigenvalue weighted by molar-refractivity contribution is 0.433. The number of hydrogen-bond acceptors (Lipinski definition) is 4. The van der Waals surface area contributed by atoms with Gasteiger partial charge in [-0.1, -0.05) is 26.0 Å². The number of phenolic OH excluding ortho intramolecular Hbond substituents is 4. The summed E-state index contributed by atoms with van der Waals surface area (Å²) < 4.78 is 0. The minimum absolute atomic E-state index is 0.0195. The van der Waals surface area contributed by atoms with Crippen LogP contribution in [0.15, 0.2) is 30.3 Å². The molecule has 4 N–H and O–H groups in total. The van der Waals surface area contributed by atoms with Gasteiger partial charge in [0.05, 0.1) is 0 Å². The molecule has 110 valence electrons. The zero-order valence-corrected chi connectivity index (χ0v) is 11.9. The maximum Gasteiger partial charge on any atom is 0.123 e. The van der Waals surface area contributed by atoms with Gasteiger partial charge in [0.1, 0.15) is 23.0 Å². The zero-order valence-electron chi connectivity index (χ0n) is 11.9. The van der Waals surface area contributed by atoms with Gasteiger partial charge >= 0.3 is 0 Å². The fourth-order valence-electron chi connectivity index (χ4n) is 2.24. The Hall–Kier alpha value is -2.62. The van der Waals surface area contributed by atoms with Crippen LogP contribution in [0.5, 0.6) is 23.0 Å². The van der Waals surface area contributed by atoms with E-state index in [1.807, 2.05) is 13.8 Å². The Morgan fingerprint density at radius 3 is 1.57 bits per heavy atom. The van der Waals surface area contributed by atoms with E-state index >= 15 is 0 Å². The smallest absolute Gasteiger partial charge is 0.123 e. The van der Waals surface area contributed by atoms with Gasteiger partial charge in [-0.3, -0.25) is 0 Å². The summed E-state index contributed by atoms with van der Waals surface area (Å²) in [5.41, 5.74) is 1.75. The maximum atomic E-state index is 9.95. The van der Waals surface area contributed by atoms with Crippen LogP contribution in [-0.2, 0) is 0 Å². The molecule has 0 aliphatic carbocycles. The molecule has 2 rings (SSSR count). The second-order valence-electron chi connectivity index (χ2n) is 5.24. The first kappa shape index (κ1) is 14.8. The lowest BCUT2D eigenvalue weighted by Gasteiger charge is -2.11. The Balaban J connectivity index is 2.33. The van der Waals surface area contributed by atoms with E-state index < -0.39 is 0 Å². The predicted molar refractivity (Wildman–Crippen MR) is 82.6 cm³/mol. The summed E-state index contributed by atoms with van der Waals surface area (Å²) in [6.07, 6.45) is 3.35. The number of benzene rings is 2. The molecule has 2 aromatic carbocycles. The molecule has 0 aliphatic heterocycles. The molecule has 0 unspecified atom stereocenters. The summed E-state index contributed by atoms with van der Waals surface area (Å²) in [5, 5.41) is 38.7. The van der Waals surface area contributed by atoms with Crippen LogP contribution in [-0.4, -0.2) is 20.4 Å². The van der Waals surface area contributed by atoms with Gasteiger partial charge in [-0.05, 0) is 41.3 Å². The van der Waals surface area contributed by atoms with Crippen molar-refractivity contribution in [2.24, 2.45) is 0 Å². The molecule has 0 heterocycles. The number of rotatable bonds is 3. The van der Waals surface area contributed by atoms with E-state index in [4.69, 9.17) is 0 Å². The first-order chi connectivity index (χ1) is 9.86. The molecule has 0 saturated carbocycles. The second kappa shape index (κ2) is 5.79. The van der Waals surface area contributed by atoms with Crippen molar-refractivity contribution in [1.82, 2.24) is 0 Å². The van der Waals surface area contributed by atoms with E-state index in [0.29, 0.717) is 16.7 Å². The molecule has 0 aliphatic rings. The van der Waals surface area contributed by atoms with Gasteiger partial charge < -0.3 is 20.4 Å². The van der Waals surface area contributed by atoms with Crippen molar-refractivity contribution in [2.75, 3.05) is 0 Å². The highest BCUT2D eigenvalue weighted by molar-refractivity contribution is 5.72. The van der Waals surface area contributed by atoms with E-state index in [0.717, 1.165) is 0 Å². The minimum atomic E-state index is -0.0319. The molecular formula is C17H18O4. The van der Waals surface area contributed by atoms with Crippen molar-refractivity contribution in [2.45, 2.75) is 19.8 Å². The molecule has 0 amide bonds. The van der Waals surface area contributed by atoms with Gasteiger partial charge in [0.2, 0.25) is 0 Å². The highest BCUT2D eigenvalue weighted by Crippen LogP contribution is 2.35. The van der Waals surface area contributed by atoms with Gasteiger partial charge in [0.15, 0.2) is 0 Å². The van der Waals surface area contributed by atoms with Gasteiger partial charge in [0.25, 0.3) is 0 Å². The molecule has 0 spiro atoms. The van der Waals surface area contributed by atoms with Crippen LogP contribution < -0.4 is 0 Å². The topological polar surface area (TPSA) is 80.9 Å². The van der Waals surface area contributed by atoms with Gasteiger partial charge in [-0.25, -0.2) is 0 Å². The molecule has 0 bridgehead atoms.